The van der Waals surface area contributed by atoms with Gasteiger partial charge < -0.3 is 0 Å². The van der Waals surface area contributed by atoms with Gasteiger partial charge in [0.15, 0.2) is 5.78 Å². The number of carbonyl (C=O) groups is 1. The van der Waals surface area contributed by atoms with E-state index in [0.717, 1.165) is 12.0 Å². The molecular formula is C19H20O. The average molecular weight is 264 g/mol. The molecule has 0 radical (unpaired) electrons. The molecule has 2 aromatic carbocycles. The van der Waals surface area contributed by atoms with Crippen molar-refractivity contribution in [3.63, 3.8) is 0 Å². The molecule has 0 bridgehead atoms. The number of hydrogen-bond donors (Lipinski definition) is 0. The molecule has 0 aromatic heterocycles. The highest BCUT2D eigenvalue weighted by molar-refractivity contribution is 5.94. The van der Waals surface area contributed by atoms with Gasteiger partial charge in [-0.25, -0.2) is 0 Å². The summed E-state index contributed by atoms with van der Waals surface area (Å²) in [5.41, 5.74) is 5.90. The molecule has 2 aromatic rings. The third-order valence-corrected chi connectivity index (χ3v) is 3.47. The van der Waals surface area contributed by atoms with E-state index < -0.39 is 0 Å². The fraction of sp³-hybridized carbons (Fsp3) is 0.211. The Morgan fingerprint density at radius 2 is 1.35 bits per heavy atom. The van der Waals surface area contributed by atoms with E-state index in [-0.39, 0.29) is 5.78 Å². The second-order valence-corrected chi connectivity index (χ2v) is 5.27. The van der Waals surface area contributed by atoms with Crippen molar-refractivity contribution in [3.8, 4) is 0 Å². The first kappa shape index (κ1) is 14.3. The summed E-state index contributed by atoms with van der Waals surface area (Å²) >= 11 is 0. The second kappa shape index (κ2) is 6.33. The van der Waals surface area contributed by atoms with Gasteiger partial charge in [-0.3, -0.25) is 4.79 Å². The Balaban J connectivity index is 2.31. The predicted molar refractivity (Wildman–Crippen MR) is 84.9 cm³/mol. The van der Waals surface area contributed by atoms with E-state index in [0.29, 0.717) is 0 Å². The van der Waals surface area contributed by atoms with Crippen LogP contribution >= 0.6 is 0 Å². The SMILES string of the molecule is CC(=O)c1ccc(C(Cc2ccccc2)=C(C)C)cc1. The molecular weight excluding hydrogens is 244 g/mol. The first-order valence-electron chi connectivity index (χ1n) is 6.89. The molecule has 0 aliphatic carbocycles. The standard InChI is InChI=1S/C19H20O/c1-14(2)19(13-16-7-5-4-6-8-16)18-11-9-17(10-12-18)15(3)20/h4-12H,13H2,1-3H3. The first-order valence-corrected chi connectivity index (χ1v) is 6.89. The number of ketones is 1. The molecule has 0 unspecified atom stereocenters. The number of rotatable bonds is 4. The third kappa shape index (κ3) is 3.45. The lowest BCUT2D eigenvalue weighted by Crippen LogP contribution is -1.96. The number of hydrogen-bond acceptors (Lipinski definition) is 1. The van der Waals surface area contributed by atoms with Gasteiger partial charge in [0, 0.05) is 5.56 Å². The highest BCUT2D eigenvalue weighted by Crippen LogP contribution is 2.23. The van der Waals surface area contributed by atoms with Crippen LogP contribution < -0.4 is 0 Å². The van der Waals surface area contributed by atoms with Crippen LogP contribution in [0.3, 0.4) is 0 Å². The summed E-state index contributed by atoms with van der Waals surface area (Å²) < 4.78 is 0. The van der Waals surface area contributed by atoms with Gasteiger partial charge in [-0.2, -0.15) is 0 Å². The van der Waals surface area contributed by atoms with Gasteiger partial charge in [-0.1, -0.05) is 60.2 Å². The molecule has 0 amide bonds. The molecule has 0 atom stereocenters. The number of allylic oxidation sites excluding steroid dienone is 2. The summed E-state index contributed by atoms with van der Waals surface area (Å²) in [5, 5.41) is 0. The lowest BCUT2D eigenvalue weighted by Gasteiger charge is -2.11. The highest BCUT2D eigenvalue weighted by Gasteiger charge is 2.06. The molecule has 0 saturated carbocycles. The summed E-state index contributed by atoms with van der Waals surface area (Å²) in [5.74, 6) is 0.110. The minimum absolute atomic E-state index is 0.110. The van der Waals surface area contributed by atoms with Crippen LogP contribution in [-0.4, -0.2) is 5.78 Å². The van der Waals surface area contributed by atoms with Crippen LogP contribution in [0.2, 0.25) is 0 Å². The molecule has 0 aliphatic heterocycles. The third-order valence-electron chi connectivity index (χ3n) is 3.47. The molecule has 20 heavy (non-hydrogen) atoms. The Bertz CT molecular complexity index is 615. The van der Waals surface area contributed by atoms with Crippen molar-refractivity contribution in [1.29, 1.82) is 0 Å². The van der Waals surface area contributed by atoms with E-state index in [9.17, 15) is 4.79 Å². The fourth-order valence-corrected chi connectivity index (χ4v) is 2.27. The maximum Gasteiger partial charge on any atom is 0.159 e. The van der Waals surface area contributed by atoms with E-state index in [4.69, 9.17) is 0 Å². The average Bonchev–Trinajstić information content (AvgIpc) is 2.45. The molecule has 0 aliphatic rings. The van der Waals surface area contributed by atoms with Crippen LogP contribution in [-0.2, 0) is 6.42 Å². The molecule has 0 saturated heterocycles. The molecule has 102 valence electrons. The van der Waals surface area contributed by atoms with Crippen molar-refractivity contribution < 1.29 is 4.79 Å². The van der Waals surface area contributed by atoms with Gasteiger partial charge in [0.2, 0.25) is 0 Å². The largest absolute Gasteiger partial charge is 0.295 e. The zero-order valence-electron chi connectivity index (χ0n) is 12.3. The highest BCUT2D eigenvalue weighted by atomic mass is 16.1. The van der Waals surface area contributed by atoms with Crippen LogP contribution in [0.5, 0.6) is 0 Å². The van der Waals surface area contributed by atoms with Gasteiger partial charge >= 0.3 is 0 Å². The van der Waals surface area contributed by atoms with Crippen LogP contribution in [0.25, 0.3) is 5.57 Å². The Morgan fingerprint density at radius 1 is 0.800 bits per heavy atom. The zero-order chi connectivity index (χ0) is 14.5. The van der Waals surface area contributed by atoms with E-state index in [2.05, 4.69) is 38.1 Å². The van der Waals surface area contributed by atoms with Crippen molar-refractivity contribution in [2.24, 2.45) is 0 Å². The van der Waals surface area contributed by atoms with Crippen molar-refractivity contribution in [3.05, 3.63) is 76.9 Å². The number of benzene rings is 2. The first-order chi connectivity index (χ1) is 9.58. The number of Topliss-reactive ketones (excluding diaryl/α,β-unsaturated/α-hetero) is 1. The zero-order valence-corrected chi connectivity index (χ0v) is 12.3. The minimum atomic E-state index is 0.110. The van der Waals surface area contributed by atoms with Crippen molar-refractivity contribution >= 4 is 11.4 Å². The van der Waals surface area contributed by atoms with Gasteiger partial charge in [0.25, 0.3) is 0 Å². The lowest BCUT2D eigenvalue weighted by molar-refractivity contribution is 0.101. The lowest BCUT2D eigenvalue weighted by atomic mass is 9.94. The molecule has 0 fully saturated rings. The predicted octanol–water partition coefficient (Wildman–Crippen LogP) is 4.93. The summed E-state index contributed by atoms with van der Waals surface area (Å²) in [6, 6.07) is 18.4. The van der Waals surface area contributed by atoms with Gasteiger partial charge in [0.05, 0.1) is 0 Å². The van der Waals surface area contributed by atoms with E-state index >= 15 is 0 Å². The summed E-state index contributed by atoms with van der Waals surface area (Å²) in [6.07, 6.45) is 0.919. The molecule has 2 rings (SSSR count). The fourth-order valence-electron chi connectivity index (χ4n) is 2.27. The van der Waals surface area contributed by atoms with E-state index in [1.54, 1.807) is 6.92 Å². The van der Waals surface area contributed by atoms with Gasteiger partial charge in [0.1, 0.15) is 0 Å². The van der Waals surface area contributed by atoms with Crippen molar-refractivity contribution in [1.82, 2.24) is 0 Å². The van der Waals surface area contributed by atoms with Crippen LogP contribution in [0.1, 0.15) is 42.3 Å². The molecule has 1 nitrogen and oxygen atoms in total. The molecule has 0 heterocycles. The van der Waals surface area contributed by atoms with Crippen LogP contribution in [0.4, 0.5) is 0 Å². The van der Waals surface area contributed by atoms with Crippen molar-refractivity contribution in [2.75, 3.05) is 0 Å². The maximum absolute atomic E-state index is 11.3. The Morgan fingerprint density at radius 3 is 1.85 bits per heavy atom. The van der Waals surface area contributed by atoms with E-state index in [1.807, 2.05) is 30.3 Å². The molecule has 0 N–H and O–H groups in total. The van der Waals surface area contributed by atoms with Gasteiger partial charge in [-0.05, 0) is 43.9 Å². The smallest absolute Gasteiger partial charge is 0.159 e. The Labute approximate surface area is 121 Å². The summed E-state index contributed by atoms with van der Waals surface area (Å²) in [6.45, 7) is 5.87. The maximum atomic E-state index is 11.3. The normalized spacial score (nSPS) is 10.2. The second-order valence-electron chi connectivity index (χ2n) is 5.27. The van der Waals surface area contributed by atoms with Crippen molar-refractivity contribution in [2.45, 2.75) is 27.2 Å². The summed E-state index contributed by atoms with van der Waals surface area (Å²) in [4.78, 5) is 11.3. The molecule has 0 spiro atoms. The Hall–Kier alpha value is -2.15. The monoisotopic (exact) mass is 264 g/mol. The minimum Gasteiger partial charge on any atom is -0.295 e. The topological polar surface area (TPSA) is 17.1 Å². The Kier molecular flexibility index (Phi) is 4.52. The van der Waals surface area contributed by atoms with Crippen LogP contribution in [0.15, 0.2) is 60.2 Å². The molecule has 1 heteroatoms. The summed E-state index contributed by atoms with van der Waals surface area (Å²) in [7, 11) is 0. The number of carbonyl (C=O) groups excluding carboxylic acids is 1. The van der Waals surface area contributed by atoms with Crippen LogP contribution in [0, 0.1) is 0 Å². The quantitative estimate of drug-likeness (QED) is 0.716. The van der Waals surface area contributed by atoms with E-state index in [1.165, 1.54) is 22.3 Å². The van der Waals surface area contributed by atoms with Gasteiger partial charge in [-0.15, -0.1) is 0 Å².